The molecule has 3 rings (SSSR count). The van der Waals surface area contributed by atoms with Gasteiger partial charge in [0.15, 0.2) is 9.84 Å². The van der Waals surface area contributed by atoms with E-state index in [1.54, 1.807) is 23.3 Å². The van der Waals surface area contributed by atoms with E-state index in [2.05, 4.69) is 15.1 Å². The predicted molar refractivity (Wildman–Crippen MR) is 74.7 cm³/mol. The summed E-state index contributed by atoms with van der Waals surface area (Å²) in [5.41, 5.74) is 8.39. The number of aromatic nitrogens is 4. The smallest absolute Gasteiger partial charge is 0.152 e. The molecule has 20 heavy (non-hydrogen) atoms. The van der Waals surface area contributed by atoms with Gasteiger partial charge in [-0.3, -0.25) is 14.6 Å². The maximum absolute atomic E-state index is 11.5. The lowest BCUT2D eigenvalue weighted by atomic mass is 10.2. The number of hydrogen-bond acceptors (Lipinski definition) is 6. The second kappa shape index (κ2) is 4.55. The second-order valence-corrected chi connectivity index (χ2v) is 7.19. The fraction of sp³-hybridized carbons (Fsp3) is 0.417. The van der Waals surface area contributed by atoms with E-state index in [1.807, 2.05) is 6.92 Å². The third kappa shape index (κ3) is 2.26. The van der Waals surface area contributed by atoms with Crippen molar-refractivity contribution in [2.75, 3.05) is 17.2 Å². The molecule has 0 aliphatic carbocycles. The van der Waals surface area contributed by atoms with Gasteiger partial charge >= 0.3 is 0 Å². The summed E-state index contributed by atoms with van der Waals surface area (Å²) >= 11 is 0. The van der Waals surface area contributed by atoms with E-state index in [0.29, 0.717) is 23.5 Å². The third-order valence-corrected chi connectivity index (χ3v) is 5.20. The summed E-state index contributed by atoms with van der Waals surface area (Å²) < 4.78 is 24.7. The van der Waals surface area contributed by atoms with E-state index in [-0.39, 0.29) is 17.5 Å². The Hall–Kier alpha value is -1.96. The molecule has 106 valence electrons. The Bertz CT molecular complexity index is 753. The highest BCUT2D eigenvalue weighted by Gasteiger charge is 2.30. The van der Waals surface area contributed by atoms with Crippen molar-refractivity contribution in [3.05, 3.63) is 24.3 Å². The Labute approximate surface area is 116 Å². The van der Waals surface area contributed by atoms with Crippen LogP contribution in [0.15, 0.2) is 18.6 Å². The van der Waals surface area contributed by atoms with Crippen molar-refractivity contribution >= 4 is 15.5 Å². The summed E-state index contributed by atoms with van der Waals surface area (Å²) in [6.07, 6.45) is 5.44. The summed E-state index contributed by atoms with van der Waals surface area (Å²) in [5, 5.41) is 4.41. The van der Waals surface area contributed by atoms with Crippen LogP contribution in [-0.4, -0.2) is 39.7 Å². The van der Waals surface area contributed by atoms with Gasteiger partial charge in [-0.15, -0.1) is 0 Å². The minimum atomic E-state index is -2.95. The molecule has 0 spiro atoms. The second-order valence-electron chi connectivity index (χ2n) is 4.96. The SMILES string of the molecule is Cc1nccnc1-c1nn(C2CCS(=O)(=O)C2)cc1N. The van der Waals surface area contributed by atoms with Crippen molar-refractivity contribution in [1.29, 1.82) is 0 Å². The first-order valence-corrected chi connectivity index (χ1v) is 8.11. The zero-order chi connectivity index (χ0) is 14.3. The number of hydrogen-bond donors (Lipinski definition) is 1. The average Bonchev–Trinajstić information content (AvgIpc) is 2.93. The van der Waals surface area contributed by atoms with Crippen LogP contribution >= 0.6 is 0 Å². The Morgan fingerprint density at radius 3 is 2.70 bits per heavy atom. The average molecular weight is 293 g/mol. The third-order valence-electron chi connectivity index (χ3n) is 3.45. The largest absolute Gasteiger partial charge is 0.396 e. The number of nitrogen functional groups attached to an aromatic ring is 1. The summed E-state index contributed by atoms with van der Waals surface area (Å²) in [6, 6.07) is -0.145. The summed E-state index contributed by atoms with van der Waals surface area (Å²) in [6.45, 7) is 1.83. The molecule has 0 radical (unpaired) electrons. The van der Waals surface area contributed by atoms with E-state index < -0.39 is 9.84 Å². The maximum Gasteiger partial charge on any atom is 0.152 e. The molecule has 8 heteroatoms. The molecule has 0 aromatic carbocycles. The van der Waals surface area contributed by atoms with Gasteiger partial charge in [-0.2, -0.15) is 5.10 Å². The standard InChI is InChI=1S/C12H15N5O2S/c1-8-11(15-4-3-14-8)12-10(13)6-17(16-12)9-2-5-20(18,19)7-9/h3-4,6,9H,2,5,7,13H2,1H3. The van der Waals surface area contributed by atoms with E-state index in [9.17, 15) is 8.42 Å². The molecule has 1 aliphatic heterocycles. The van der Waals surface area contributed by atoms with Crippen molar-refractivity contribution in [2.24, 2.45) is 0 Å². The van der Waals surface area contributed by atoms with Crippen LogP contribution in [0.3, 0.4) is 0 Å². The lowest BCUT2D eigenvalue weighted by Gasteiger charge is -2.07. The van der Waals surface area contributed by atoms with E-state index in [1.165, 1.54) is 0 Å². The van der Waals surface area contributed by atoms with Gasteiger partial charge in [0.1, 0.15) is 11.4 Å². The fourth-order valence-electron chi connectivity index (χ4n) is 2.40. The molecule has 1 saturated heterocycles. The molecular weight excluding hydrogens is 278 g/mol. The molecule has 1 fully saturated rings. The highest BCUT2D eigenvalue weighted by atomic mass is 32.2. The topological polar surface area (TPSA) is 104 Å². The Balaban J connectivity index is 1.98. The van der Waals surface area contributed by atoms with Gasteiger partial charge in [-0.05, 0) is 13.3 Å². The summed E-state index contributed by atoms with van der Waals surface area (Å²) in [5.74, 6) is 0.323. The maximum atomic E-state index is 11.5. The van der Waals surface area contributed by atoms with Crippen LogP contribution in [0.2, 0.25) is 0 Å². The molecular formula is C12H15N5O2S. The molecule has 2 N–H and O–H groups in total. The molecule has 2 aromatic heterocycles. The molecule has 1 unspecified atom stereocenters. The van der Waals surface area contributed by atoms with Crippen molar-refractivity contribution in [1.82, 2.24) is 19.7 Å². The van der Waals surface area contributed by atoms with Crippen LogP contribution in [0.25, 0.3) is 11.4 Å². The molecule has 1 atom stereocenters. The van der Waals surface area contributed by atoms with Crippen LogP contribution in [0.4, 0.5) is 5.69 Å². The van der Waals surface area contributed by atoms with Gasteiger partial charge in [0, 0.05) is 18.6 Å². The molecule has 0 saturated carbocycles. The van der Waals surface area contributed by atoms with Crippen LogP contribution in [-0.2, 0) is 9.84 Å². The van der Waals surface area contributed by atoms with E-state index in [4.69, 9.17) is 5.73 Å². The number of nitrogens with zero attached hydrogens (tertiary/aromatic N) is 4. The molecule has 3 heterocycles. The van der Waals surface area contributed by atoms with Crippen molar-refractivity contribution in [3.63, 3.8) is 0 Å². The van der Waals surface area contributed by atoms with Gasteiger partial charge < -0.3 is 5.73 Å². The van der Waals surface area contributed by atoms with Gasteiger partial charge in [0.25, 0.3) is 0 Å². The minimum absolute atomic E-state index is 0.118. The quantitative estimate of drug-likeness (QED) is 0.869. The van der Waals surface area contributed by atoms with Crippen LogP contribution in [0.1, 0.15) is 18.2 Å². The lowest BCUT2D eigenvalue weighted by molar-refractivity contribution is 0.501. The van der Waals surface area contributed by atoms with E-state index in [0.717, 1.165) is 5.69 Å². The zero-order valence-electron chi connectivity index (χ0n) is 11.0. The first-order chi connectivity index (χ1) is 9.46. The Morgan fingerprint density at radius 1 is 1.30 bits per heavy atom. The highest BCUT2D eigenvalue weighted by Crippen LogP contribution is 2.29. The Kier molecular flexibility index (Phi) is 2.97. The zero-order valence-corrected chi connectivity index (χ0v) is 11.8. The molecule has 0 amide bonds. The van der Waals surface area contributed by atoms with Crippen molar-refractivity contribution in [3.8, 4) is 11.4 Å². The van der Waals surface area contributed by atoms with Crippen LogP contribution < -0.4 is 5.73 Å². The Morgan fingerprint density at radius 2 is 2.05 bits per heavy atom. The minimum Gasteiger partial charge on any atom is -0.396 e. The van der Waals surface area contributed by atoms with Crippen LogP contribution in [0, 0.1) is 6.92 Å². The van der Waals surface area contributed by atoms with Crippen molar-refractivity contribution < 1.29 is 8.42 Å². The molecule has 1 aliphatic rings. The molecule has 2 aromatic rings. The lowest BCUT2D eigenvalue weighted by Crippen LogP contribution is -2.11. The monoisotopic (exact) mass is 293 g/mol. The van der Waals surface area contributed by atoms with Crippen molar-refractivity contribution in [2.45, 2.75) is 19.4 Å². The normalized spacial score (nSPS) is 21.1. The number of sulfone groups is 1. The first-order valence-electron chi connectivity index (χ1n) is 6.29. The molecule has 7 nitrogen and oxygen atoms in total. The van der Waals surface area contributed by atoms with Crippen LogP contribution in [0.5, 0.6) is 0 Å². The van der Waals surface area contributed by atoms with Gasteiger partial charge in [-0.25, -0.2) is 8.42 Å². The summed E-state index contributed by atoms with van der Waals surface area (Å²) in [7, 11) is -2.95. The fourth-order valence-corrected chi connectivity index (χ4v) is 4.10. The van der Waals surface area contributed by atoms with Gasteiger partial charge in [0.2, 0.25) is 0 Å². The molecule has 0 bridgehead atoms. The number of nitrogens with two attached hydrogens (primary N) is 1. The van der Waals surface area contributed by atoms with Gasteiger partial charge in [-0.1, -0.05) is 0 Å². The summed E-state index contributed by atoms with van der Waals surface area (Å²) in [4.78, 5) is 8.40. The van der Waals surface area contributed by atoms with Gasteiger partial charge in [0.05, 0.1) is 28.9 Å². The highest BCUT2D eigenvalue weighted by molar-refractivity contribution is 7.91. The number of rotatable bonds is 2. The number of anilines is 1. The predicted octanol–water partition coefficient (Wildman–Crippen LogP) is 0.590. The number of aryl methyl sites for hydroxylation is 1. The first kappa shape index (κ1) is 13.0. The van der Waals surface area contributed by atoms with E-state index >= 15 is 0 Å².